The zero-order valence-electron chi connectivity index (χ0n) is 10.9. The Morgan fingerprint density at radius 2 is 1.88 bits per heavy atom. The molecule has 2 atom stereocenters. The molecule has 1 amide bonds. The second-order valence-corrected chi connectivity index (χ2v) is 4.86. The molecule has 0 spiro atoms. The summed E-state index contributed by atoms with van der Waals surface area (Å²) < 4.78 is 0. The van der Waals surface area contributed by atoms with Crippen LogP contribution in [0.4, 0.5) is 0 Å². The first-order chi connectivity index (χ1) is 7.88. The van der Waals surface area contributed by atoms with E-state index in [1.807, 2.05) is 13.8 Å². The third kappa shape index (κ3) is 6.94. The van der Waals surface area contributed by atoms with E-state index in [0.29, 0.717) is 19.4 Å². The fraction of sp³-hybridized carbons (Fsp3) is 0.833. The molecule has 5 heteroatoms. The molecule has 0 fully saturated rings. The second-order valence-electron chi connectivity index (χ2n) is 4.86. The van der Waals surface area contributed by atoms with E-state index >= 15 is 0 Å². The molecule has 0 aliphatic carbocycles. The fourth-order valence-corrected chi connectivity index (χ4v) is 1.56. The zero-order chi connectivity index (χ0) is 13.4. The van der Waals surface area contributed by atoms with Gasteiger partial charge in [0.1, 0.15) is 6.04 Å². The Morgan fingerprint density at radius 1 is 1.29 bits per heavy atom. The summed E-state index contributed by atoms with van der Waals surface area (Å²) in [6.07, 6.45) is 1.91. The van der Waals surface area contributed by atoms with Gasteiger partial charge in [-0.2, -0.15) is 0 Å². The van der Waals surface area contributed by atoms with Crippen molar-refractivity contribution in [3.05, 3.63) is 0 Å². The van der Waals surface area contributed by atoms with Crippen molar-refractivity contribution in [2.75, 3.05) is 6.54 Å². The number of amides is 1. The summed E-state index contributed by atoms with van der Waals surface area (Å²) in [6.45, 7) is 6.20. The van der Waals surface area contributed by atoms with Crippen LogP contribution in [0.25, 0.3) is 0 Å². The molecule has 100 valence electrons. The number of nitrogens with one attached hydrogen (secondary N) is 1. The first-order valence-corrected chi connectivity index (χ1v) is 6.11. The predicted molar refractivity (Wildman–Crippen MR) is 66.5 cm³/mol. The molecule has 0 aliphatic heterocycles. The van der Waals surface area contributed by atoms with Crippen LogP contribution >= 0.6 is 0 Å². The third-order valence-electron chi connectivity index (χ3n) is 2.61. The van der Waals surface area contributed by atoms with Gasteiger partial charge in [-0.1, -0.05) is 20.8 Å². The van der Waals surface area contributed by atoms with Gasteiger partial charge in [0.05, 0.1) is 0 Å². The Morgan fingerprint density at radius 3 is 2.29 bits per heavy atom. The minimum Gasteiger partial charge on any atom is -0.480 e. The SMILES string of the molecule is CC(C)CC(NC(=O)C(C)CCCN)C(=O)O. The molecule has 4 N–H and O–H groups in total. The normalized spacial score (nSPS) is 14.4. The van der Waals surface area contributed by atoms with Gasteiger partial charge in [0.2, 0.25) is 5.91 Å². The van der Waals surface area contributed by atoms with Gasteiger partial charge in [-0.25, -0.2) is 4.79 Å². The average molecular weight is 244 g/mol. The van der Waals surface area contributed by atoms with E-state index in [1.165, 1.54) is 0 Å². The number of carbonyl (C=O) groups excluding carboxylic acids is 1. The molecule has 17 heavy (non-hydrogen) atoms. The van der Waals surface area contributed by atoms with Gasteiger partial charge in [-0.05, 0) is 31.7 Å². The molecule has 0 radical (unpaired) electrons. The standard InChI is InChI=1S/C12H24N2O3/c1-8(2)7-10(12(16)17)14-11(15)9(3)5-4-6-13/h8-10H,4-7,13H2,1-3H3,(H,14,15)(H,16,17). The lowest BCUT2D eigenvalue weighted by Gasteiger charge is -2.19. The number of carbonyl (C=O) groups is 2. The summed E-state index contributed by atoms with van der Waals surface area (Å²) in [4.78, 5) is 22.7. The highest BCUT2D eigenvalue weighted by atomic mass is 16.4. The van der Waals surface area contributed by atoms with E-state index in [4.69, 9.17) is 10.8 Å². The number of aliphatic carboxylic acids is 1. The van der Waals surface area contributed by atoms with Crippen LogP contribution in [0, 0.1) is 11.8 Å². The Balaban J connectivity index is 4.25. The first-order valence-electron chi connectivity index (χ1n) is 6.11. The van der Waals surface area contributed by atoms with E-state index in [9.17, 15) is 9.59 Å². The lowest BCUT2D eigenvalue weighted by atomic mass is 10.0. The number of carboxylic acid groups (broad SMARTS) is 1. The summed E-state index contributed by atoms with van der Waals surface area (Å²) in [5.41, 5.74) is 5.37. The van der Waals surface area contributed by atoms with Crippen molar-refractivity contribution in [3.63, 3.8) is 0 Å². The van der Waals surface area contributed by atoms with E-state index in [2.05, 4.69) is 5.32 Å². The summed E-state index contributed by atoms with van der Waals surface area (Å²) in [6, 6.07) is -0.789. The Labute approximate surface area is 103 Å². The van der Waals surface area contributed by atoms with Crippen molar-refractivity contribution in [2.24, 2.45) is 17.6 Å². The molecule has 0 aliphatic rings. The minimum absolute atomic E-state index is 0.187. The van der Waals surface area contributed by atoms with E-state index in [0.717, 1.165) is 6.42 Å². The lowest BCUT2D eigenvalue weighted by molar-refractivity contribution is -0.142. The van der Waals surface area contributed by atoms with Gasteiger partial charge in [-0.15, -0.1) is 0 Å². The van der Waals surface area contributed by atoms with Gasteiger partial charge >= 0.3 is 5.97 Å². The molecule has 0 aromatic carbocycles. The largest absolute Gasteiger partial charge is 0.480 e. The van der Waals surface area contributed by atoms with Crippen molar-refractivity contribution >= 4 is 11.9 Å². The number of carboxylic acids is 1. The van der Waals surface area contributed by atoms with Crippen LogP contribution in [0.5, 0.6) is 0 Å². The first kappa shape index (κ1) is 15.9. The lowest BCUT2D eigenvalue weighted by Crippen LogP contribution is -2.43. The minimum atomic E-state index is -0.974. The van der Waals surface area contributed by atoms with Crippen molar-refractivity contribution in [3.8, 4) is 0 Å². The molecule has 0 rings (SSSR count). The van der Waals surface area contributed by atoms with Gasteiger partial charge in [0.15, 0.2) is 0 Å². The highest BCUT2D eigenvalue weighted by Gasteiger charge is 2.23. The molecule has 0 heterocycles. The quantitative estimate of drug-likeness (QED) is 0.593. The van der Waals surface area contributed by atoms with Crippen LogP contribution < -0.4 is 11.1 Å². The smallest absolute Gasteiger partial charge is 0.326 e. The number of rotatable bonds is 8. The van der Waals surface area contributed by atoms with Crippen LogP contribution in [0.3, 0.4) is 0 Å². The Bertz CT molecular complexity index is 254. The van der Waals surface area contributed by atoms with E-state index in [1.54, 1.807) is 6.92 Å². The van der Waals surface area contributed by atoms with Crippen LogP contribution in [-0.4, -0.2) is 29.6 Å². The van der Waals surface area contributed by atoms with Crippen LogP contribution in [-0.2, 0) is 9.59 Å². The van der Waals surface area contributed by atoms with Crippen molar-refractivity contribution in [1.29, 1.82) is 0 Å². The maximum absolute atomic E-state index is 11.7. The zero-order valence-corrected chi connectivity index (χ0v) is 10.9. The molecule has 2 unspecified atom stereocenters. The van der Waals surface area contributed by atoms with Gasteiger partial charge in [0, 0.05) is 5.92 Å². The van der Waals surface area contributed by atoms with Crippen LogP contribution in [0.2, 0.25) is 0 Å². The number of nitrogens with two attached hydrogens (primary N) is 1. The second kappa shape index (κ2) is 8.06. The highest BCUT2D eigenvalue weighted by molar-refractivity contribution is 5.84. The summed E-state index contributed by atoms with van der Waals surface area (Å²) in [5, 5.41) is 11.6. The highest BCUT2D eigenvalue weighted by Crippen LogP contribution is 2.09. The molecule has 0 bridgehead atoms. The maximum atomic E-state index is 11.7. The molecular formula is C12H24N2O3. The molecule has 5 nitrogen and oxygen atoms in total. The monoisotopic (exact) mass is 244 g/mol. The molecule has 0 aromatic rings. The van der Waals surface area contributed by atoms with Crippen LogP contribution in [0.15, 0.2) is 0 Å². The summed E-state index contributed by atoms with van der Waals surface area (Å²) >= 11 is 0. The number of hydrogen-bond donors (Lipinski definition) is 3. The molecule has 0 aromatic heterocycles. The van der Waals surface area contributed by atoms with Crippen molar-refractivity contribution in [1.82, 2.24) is 5.32 Å². The van der Waals surface area contributed by atoms with Gasteiger partial charge in [0.25, 0.3) is 0 Å². The molecule has 0 saturated carbocycles. The predicted octanol–water partition coefficient (Wildman–Crippen LogP) is 0.977. The maximum Gasteiger partial charge on any atom is 0.326 e. The van der Waals surface area contributed by atoms with Crippen LogP contribution in [0.1, 0.15) is 40.0 Å². The Hall–Kier alpha value is -1.10. The fourth-order valence-electron chi connectivity index (χ4n) is 1.56. The van der Waals surface area contributed by atoms with Gasteiger partial charge in [-0.3, -0.25) is 4.79 Å². The third-order valence-corrected chi connectivity index (χ3v) is 2.61. The number of hydrogen-bond acceptors (Lipinski definition) is 3. The van der Waals surface area contributed by atoms with Crippen molar-refractivity contribution in [2.45, 2.75) is 46.1 Å². The topological polar surface area (TPSA) is 92.4 Å². The van der Waals surface area contributed by atoms with E-state index < -0.39 is 12.0 Å². The Kier molecular flexibility index (Phi) is 7.54. The molecule has 0 saturated heterocycles. The summed E-state index contributed by atoms with van der Waals surface area (Å²) in [7, 11) is 0. The average Bonchev–Trinajstić information content (AvgIpc) is 2.23. The molecular weight excluding hydrogens is 220 g/mol. The van der Waals surface area contributed by atoms with Gasteiger partial charge < -0.3 is 16.2 Å². The van der Waals surface area contributed by atoms with Crippen molar-refractivity contribution < 1.29 is 14.7 Å². The van der Waals surface area contributed by atoms with E-state index in [-0.39, 0.29) is 17.7 Å². The summed E-state index contributed by atoms with van der Waals surface area (Å²) in [5.74, 6) is -1.13.